The van der Waals surface area contributed by atoms with Crippen LogP contribution in [0.4, 0.5) is 0 Å². The number of hydrogen-bond donors (Lipinski definition) is 2. The standard InChI is InChI=1S/C15H22ClNO3/c1-11(10-18)12(2)17-15(19)4-3-9-20-14-7-5-13(16)6-8-14/h5-8,11-12,18H,3-4,9-10H2,1-2H3,(H,17,19). The largest absolute Gasteiger partial charge is 0.494 e. The zero-order valence-electron chi connectivity index (χ0n) is 11.9. The van der Waals surface area contributed by atoms with Crippen LogP contribution in [0.5, 0.6) is 5.75 Å². The van der Waals surface area contributed by atoms with E-state index in [1.165, 1.54) is 0 Å². The number of aliphatic hydroxyl groups excluding tert-OH is 1. The maximum Gasteiger partial charge on any atom is 0.220 e. The summed E-state index contributed by atoms with van der Waals surface area (Å²) in [6.07, 6.45) is 1.06. The normalized spacial score (nSPS) is 13.6. The molecule has 0 heterocycles. The molecule has 20 heavy (non-hydrogen) atoms. The monoisotopic (exact) mass is 299 g/mol. The van der Waals surface area contributed by atoms with Gasteiger partial charge in [-0.15, -0.1) is 0 Å². The van der Waals surface area contributed by atoms with Crippen LogP contribution in [0.1, 0.15) is 26.7 Å². The molecule has 1 amide bonds. The minimum Gasteiger partial charge on any atom is -0.494 e. The Morgan fingerprint density at radius 3 is 2.60 bits per heavy atom. The fourth-order valence-corrected chi connectivity index (χ4v) is 1.71. The van der Waals surface area contributed by atoms with Crippen LogP contribution in [0.2, 0.25) is 5.02 Å². The van der Waals surface area contributed by atoms with Gasteiger partial charge in [-0.05, 0) is 43.5 Å². The SMILES string of the molecule is CC(CO)C(C)NC(=O)CCCOc1ccc(Cl)cc1. The lowest BCUT2D eigenvalue weighted by molar-refractivity contribution is -0.122. The minimum atomic E-state index is -0.0234. The summed E-state index contributed by atoms with van der Waals surface area (Å²) in [4.78, 5) is 11.7. The first-order valence-corrected chi connectivity index (χ1v) is 7.19. The van der Waals surface area contributed by atoms with Crippen molar-refractivity contribution in [3.8, 4) is 5.75 Å². The molecule has 1 aromatic rings. The fraction of sp³-hybridized carbons (Fsp3) is 0.533. The quantitative estimate of drug-likeness (QED) is 0.726. The smallest absolute Gasteiger partial charge is 0.220 e. The Balaban J connectivity index is 2.17. The molecule has 2 unspecified atom stereocenters. The number of benzene rings is 1. The third-order valence-corrected chi connectivity index (χ3v) is 3.41. The number of hydrogen-bond acceptors (Lipinski definition) is 3. The Kier molecular flexibility index (Phi) is 7.41. The maximum atomic E-state index is 11.7. The molecule has 2 N–H and O–H groups in total. The van der Waals surface area contributed by atoms with E-state index in [0.29, 0.717) is 24.5 Å². The van der Waals surface area contributed by atoms with Crippen molar-refractivity contribution in [1.29, 1.82) is 0 Å². The molecule has 5 heteroatoms. The highest BCUT2D eigenvalue weighted by Crippen LogP contribution is 2.15. The second kappa shape index (κ2) is 8.82. The summed E-state index contributed by atoms with van der Waals surface area (Å²) in [5, 5.41) is 12.5. The van der Waals surface area contributed by atoms with E-state index >= 15 is 0 Å². The van der Waals surface area contributed by atoms with Crippen LogP contribution in [-0.2, 0) is 4.79 Å². The summed E-state index contributed by atoms with van der Waals surface area (Å²) < 4.78 is 5.51. The van der Waals surface area contributed by atoms with E-state index in [2.05, 4.69) is 5.32 Å². The number of amides is 1. The first-order valence-electron chi connectivity index (χ1n) is 6.81. The number of carbonyl (C=O) groups excluding carboxylic acids is 1. The molecule has 0 bridgehead atoms. The van der Waals surface area contributed by atoms with E-state index in [1.807, 2.05) is 13.8 Å². The number of halogens is 1. The Hall–Kier alpha value is -1.26. The molecule has 1 rings (SSSR count). The van der Waals surface area contributed by atoms with Gasteiger partial charge in [-0.25, -0.2) is 0 Å². The molecule has 0 aliphatic heterocycles. The third-order valence-electron chi connectivity index (χ3n) is 3.16. The van der Waals surface area contributed by atoms with E-state index in [4.69, 9.17) is 21.4 Å². The van der Waals surface area contributed by atoms with Crippen LogP contribution in [-0.4, -0.2) is 30.3 Å². The van der Waals surface area contributed by atoms with Gasteiger partial charge in [0.2, 0.25) is 5.91 Å². The third kappa shape index (κ3) is 6.26. The van der Waals surface area contributed by atoms with Gasteiger partial charge in [0.05, 0.1) is 6.61 Å². The number of ether oxygens (including phenoxy) is 1. The molecule has 0 fully saturated rings. The van der Waals surface area contributed by atoms with E-state index in [1.54, 1.807) is 24.3 Å². The summed E-state index contributed by atoms with van der Waals surface area (Å²) in [6.45, 7) is 4.34. The Morgan fingerprint density at radius 1 is 1.35 bits per heavy atom. The average Bonchev–Trinajstić information content (AvgIpc) is 2.44. The van der Waals surface area contributed by atoms with Crippen LogP contribution in [0.15, 0.2) is 24.3 Å². The van der Waals surface area contributed by atoms with Crippen molar-refractivity contribution in [2.24, 2.45) is 5.92 Å². The van der Waals surface area contributed by atoms with Crippen LogP contribution in [0.3, 0.4) is 0 Å². The predicted octanol–water partition coefficient (Wildman–Crippen LogP) is 2.63. The van der Waals surface area contributed by atoms with Gasteiger partial charge in [-0.3, -0.25) is 4.79 Å². The Labute approximate surface area is 125 Å². The zero-order valence-corrected chi connectivity index (χ0v) is 12.7. The Morgan fingerprint density at radius 2 is 2.00 bits per heavy atom. The molecule has 2 atom stereocenters. The van der Waals surface area contributed by atoms with Crippen LogP contribution in [0, 0.1) is 5.92 Å². The highest BCUT2D eigenvalue weighted by Gasteiger charge is 2.13. The zero-order chi connectivity index (χ0) is 15.0. The lowest BCUT2D eigenvalue weighted by Crippen LogP contribution is -2.38. The second-order valence-electron chi connectivity index (χ2n) is 4.92. The van der Waals surface area contributed by atoms with E-state index in [-0.39, 0.29) is 24.5 Å². The average molecular weight is 300 g/mol. The van der Waals surface area contributed by atoms with Gasteiger partial charge in [0, 0.05) is 24.1 Å². The molecule has 1 aromatic carbocycles. The number of carbonyl (C=O) groups is 1. The molecule has 4 nitrogen and oxygen atoms in total. The predicted molar refractivity (Wildman–Crippen MR) is 80.0 cm³/mol. The van der Waals surface area contributed by atoms with E-state index in [0.717, 1.165) is 5.75 Å². The van der Waals surface area contributed by atoms with Crippen LogP contribution >= 0.6 is 11.6 Å². The number of nitrogens with one attached hydrogen (secondary N) is 1. The topological polar surface area (TPSA) is 58.6 Å². The summed E-state index contributed by atoms with van der Waals surface area (Å²) in [6, 6.07) is 7.11. The Bertz CT molecular complexity index is 408. The summed E-state index contributed by atoms with van der Waals surface area (Å²) in [7, 11) is 0. The van der Waals surface area contributed by atoms with Gasteiger partial charge >= 0.3 is 0 Å². The number of aliphatic hydroxyl groups is 1. The molecular formula is C15H22ClNO3. The first kappa shape index (κ1) is 16.8. The molecule has 112 valence electrons. The van der Waals surface area contributed by atoms with Gasteiger partial charge in [0.1, 0.15) is 5.75 Å². The van der Waals surface area contributed by atoms with Crippen LogP contribution in [0.25, 0.3) is 0 Å². The molecular weight excluding hydrogens is 278 g/mol. The van der Waals surface area contributed by atoms with E-state index in [9.17, 15) is 4.79 Å². The number of rotatable bonds is 8. The maximum absolute atomic E-state index is 11.7. The lowest BCUT2D eigenvalue weighted by Gasteiger charge is -2.19. The summed E-state index contributed by atoms with van der Waals surface area (Å²) in [5.74, 6) is 0.791. The highest BCUT2D eigenvalue weighted by atomic mass is 35.5. The fourth-order valence-electron chi connectivity index (χ4n) is 1.58. The highest BCUT2D eigenvalue weighted by molar-refractivity contribution is 6.30. The van der Waals surface area contributed by atoms with Crippen molar-refractivity contribution < 1.29 is 14.6 Å². The molecule has 0 aliphatic rings. The molecule has 0 spiro atoms. The summed E-state index contributed by atoms with van der Waals surface area (Å²) >= 11 is 5.77. The van der Waals surface area contributed by atoms with E-state index < -0.39 is 0 Å². The molecule has 0 aromatic heterocycles. The van der Waals surface area contributed by atoms with Crippen molar-refractivity contribution in [1.82, 2.24) is 5.32 Å². The van der Waals surface area contributed by atoms with Crippen molar-refractivity contribution in [2.45, 2.75) is 32.7 Å². The molecule has 0 saturated heterocycles. The van der Waals surface area contributed by atoms with Crippen molar-refractivity contribution >= 4 is 17.5 Å². The second-order valence-corrected chi connectivity index (χ2v) is 5.36. The van der Waals surface area contributed by atoms with Crippen LogP contribution < -0.4 is 10.1 Å². The van der Waals surface area contributed by atoms with Crippen molar-refractivity contribution in [3.63, 3.8) is 0 Å². The van der Waals surface area contributed by atoms with Gasteiger partial charge in [-0.1, -0.05) is 18.5 Å². The first-order chi connectivity index (χ1) is 9.52. The molecule has 0 saturated carbocycles. The molecule has 0 radical (unpaired) electrons. The molecule has 0 aliphatic carbocycles. The van der Waals surface area contributed by atoms with Gasteiger partial charge in [0.15, 0.2) is 0 Å². The minimum absolute atomic E-state index is 0.0162. The summed E-state index contributed by atoms with van der Waals surface area (Å²) in [5.41, 5.74) is 0. The van der Waals surface area contributed by atoms with Gasteiger partial charge in [-0.2, -0.15) is 0 Å². The van der Waals surface area contributed by atoms with Crippen molar-refractivity contribution in [2.75, 3.05) is 13.2 Å². The van der Waals surface area contributed by atoms with Crippen molar-refractivity contribution in [3.05, 3.63) is 29.3 Å². The lowest BCUT2D eigenvalue weighted by atomic mass is 10.1. The van der Waals surface area contributed by atoms with Gasteiger partial charge in [0.25, 0.3) is 0 Å². The van der Waals surface area contributed by atoms with Gasteiger partial charge < -0.3 is 15.2 Å².